The first-order valence-corrected chi connectivity index (χ1v) is 7.01. The van der Waals surface area contributed by atoms with Gasteiger partial charge in [-0.2, -0.15) is 0 Å². The fourth-order valence-electron chi connectivity index (χ4n) is 1.86. The third kappa shape index (κ3) is 5.23. The monoisotopic (exact) mass is 313 g/mol. The minimum atomic E-state index is -0.502. The summed E-state index contributed by atoms with van der Waals surface area (Å²) < 4.78 is 0. The van der Waals surface area contributed by atoms with E-state index < -0.39 is 4.92 Å². The predicted octanol–water partition coefficient (Wildman–Crippen LogP) is 2.99. The van der Waals surface area contributed by atoms with Gasteiger partial charge in [0.15, 0.2) is 0 Å². The second kappa shape index (κ2) is 6.76. The lowest BCUT2D eigenvalue weighted by atomic mass is 10.1. The van der Waals surface area contributed by atoms with Crippen molar-refractivity contribution < 1.29 is 9.72 Å². The van der Waals surface area contributed by atoms with Crippen LogP contribution in [0.2, 0.25) is 5.02 Å². The van der Waals surface area contributed by atoms with Crippen molar-refractivity contribution in [1.29, 1.82) is 0 Å². The van der Waals surface area contributed by atoms with Crippen LogP contribution in [0.25, 0.3) is 0 Å². The zero-order chi connectivity index (χ0) is 16.2. The molecule has 0 saturated carbocycles. The lowest BCUT2D eigenvalue weighted by Gasteiger charge is -2.26. The van der Waals surface area contributed by atoms with Crippen LogP contribution in [-0.2, 0) is 4.79 Å². The Morgan fingerprint density at radius 1 is 1.43 bits per heavy atom. The highest BCUT2D eigenvalue weighted by molar-refractivity contribution is 6.33. The fraction of sp³-hybridized carbons (Fsp3) is 0.500. The van der Waals surface area contributed by atoms with E-state index in [-0.39, 0.29) is 28.7 Å². The normalized spacial score (nSPS) is 11.1. The lowest BCUT2D eigenvalue weighted by Crippen LogP contribution is -2.46. The van der Waals surface area contributed by atoms with Gasteiger partial charge in [0.1, 0.15) is 0 Å². The number of rotatable bonds is 5. The lowest BCUT2D eigenvalue weighted by molar-refractivity contribution is -0.384. The second-order valence-electron chi connectivity index (χ2n) is 5.71. The molecule has 0 heterocycles. The van der Waals surface area contributed by atoms with Crippen LogP contribution in [0.3, 0.4) is 0 Å². The average Bonchev–Trinajstić information content (AvgIpc) is 2.34. The van der Waals surface area contributed by atoms with E-state index in [4.69, 9.17) is 11.6 Å². The Morgan fingerprint density at radius 3 is 2.48 bits per heavy atom. The molecule has 0 aliphatic heterocycles. The molecule has 0 spiro atoms. The molecule has 6 nitrogen and oxygen atoms in total. The van der Waals surface area contributed by atoms with Gasteiger partial charge in [-0.1, -0.05) is 11.6 Å². The van der Waals surface area contributed by atoms with Crippen LogP contribution in [0.1, 0.15) is 27.7 Å². The van der Waals surface area contributed by atoms with E-state index in [1.54, 1.807) is 11.0 Å². The van der Waals surface area contributed by atoms with Gasteiger partial charge in [0.2, 0.25) is 5.91 Å². The van der Waals surface area contributed by atoms with E-state index in [1.165, 1.54) is 12.1 Å². The van der Waals surface area contributed by atoms with Crippen molar-refractivity contribution in [2.75, 3.05) is 18.0 Å². The number of likely N-dealkylation sites (N-methyl/N-ethyl adjacent to an activating group) is 1. The second-order valence-corrected chi connectivity index (χ2v) is 6.11. The van der Waals surface area contributed by atoms with Crippen molar-refractivity contribution in [1.82, 2.24) is 5.32 Å². The van der Waals surface area contributed by atoms with Gasteiger partial charge in [0, 0.05) is 24.2 Å². The van der Waals surface area contributed by atoms with Crippen molar-refractivity contribution >= 4 is 28.9 Å². The van der Waals surface area contributed by atoms with E-state index in [0.717, 1.165) is 0 Å². The molecule has 0 bridgehead atoms. The van der Waals surface area contributed by atoms with E-state index >= 15 is 0 Å². The number of nitro groups is 1. The Morgan fingerprint density at radius 2 is 2.05 bits per heavy atom. The van der Waals surface area contributed by atoms with Crippen molar-refractivity contribution in [2.24, 2.45) is 0 Å². The summed E-state index contributed by atoms with van der Waals surface area (Å²) in [6.45, 7) is 8.31. The molecule has 0 saturated heterocycles. The van der Waals surface area contributed by atoms with Crippen LogP contribution < -0.4 is 10.2 Å². The summed E-state index contributed by atoms with van der Waals surface area (Å²) in [5, 5.41) is 13.8. The number of hydrogen-bond acceptors (Lipinski definition) is 4. The Labute approximate surface area is 129 Å². The molecule has 1 amide bonds. The van der Waals surface area contributed by atoms with Crippen molar-refractivity contribution in [3.05, 3.63) is 33.3 Å². The van der Waals surface area contributed by atoms with Gasteiger partial charge in [-0.05, 0) is 33.8 Å². The van der Waals surface area contributed by atoms with E-state index in [9.17, 15) is 14.9 Å². The van der Waals surface area contributed by atoms with E-state index in [2.05, 4.69) is 5.32 Å². The third-order valence-corrected chi connectivity index (χ3v) is 3.02. The van der Waals surface area contributed by atoms with E-state index in [0.29, 0.717) is 12.2 Å². The topological polar surface area (TPSA) is 75.5 Å². The molecule has 1 N–H and O–H groups in total. The largest absolute Gasteiger partial charge is 0.361 e. The summed E-state index contributed by atoms with van der Waals surface area (Å²) in [5.41, 5.74) is 0.225. The van der Waals surface area contributed by atoms with Gasteiger partial charge in [0.05, 0.1) is 22.2 Å². The molecule has 0 aliphatic carbocycles. The summed E-state index contributed by atoms with van der Waals surface area (Å²) in [7, 11) is 0. The van der Waals surface area contributed by atoms with Gasteiger partial charge in [0.25, 0.3) is 5.69 Å². The number of nitrogens with one attached hydrogen (secondary N) is 1. The zero-order valence-corrected chi connectivity index (χ0v) is 13.4. The minimum absolute atomic E-state index is 0.0704. The molecule has 0 radical (unpaired) electrons. The Hall–Kier alpha value is -1.82. The molecule has 1 rings (SSSR count). The van der Waals surface area contributed by atoms with Gasteiger partial charge in [-0.25, -0.2) is 0 Å². The molecular weight excluding hydrogens is 294 g/mol. The fourth-order valence-corrected chi connectivity index (χ4v) is 2.16. The number of benzene rings is 1. The molecule has 0 atom stereocenters. The highest BCUT2D eigenvalue weighted by Crippen LogP contribution is 2.29. The number of halogens is 1. The minimum Gasteiger partial charge on any atom is -0.361 e. The first kappa shape index (κ1) is 17.2. The van der Waals surface area contributed by atoms with Crippen LogP contribution in [0.5, 0.6) is 0 Å². The first-order valence-electron chi connectivity index (χ1n) is 6.64. The van der Waals surface area contributed by atoms with Crippen LogP contribution in [0.15, 0.2) is 18.2 Å². The highest BCUT2D eigenvalue weighted by atomic mass is 35.5. The summed E-state index contributed by atoms with van der Waals surface area (Å²) in [5.74, 6) is -0.126. The molecule has 0 aromatic heterocycles. The van der Waals surface area contributed by atoms with Crippen molar-refractivity contribution in [2.45, 2.75) is 33.2 Å². The number of nitrogens with zero attached hydrogens (tertiary/aromatic N) is 2. The van der Waals surface area contributed by atoms with E-state index in [1.807, 2.05) is 27.7 Å². The molecular formula is C14H20ClN3O3. The number of carbonyl (C=O) groups excluding carboxylic acids is 1. The third-order valence-electron chi connectivity index (χ3n) is 2.71. The summed E-state index contributed by atoms with van der Waals surface area (Å²) in [6, 6.07) is 4.24. The average molecular weight is 314 g/mol. The standard InChI is InChI=1S/C14H20ClN3O3/c1-5-17(9-13(19)16-14(2,3)4)12-7-6-10(18(20)21)8-11(12)15/h6-8H,5,9H2,1-4H3,(H,16,19). The molecule has 116 valence electrons. The number of non-ortho nitro benzene ring substituents is 1. The van der Waals surface area contributed by atoms with Gasteiger partial charge < -0.3 is 10.2 Å². The van der Waals surface area contributed by atoms with Crippen LogP contribution >= 0.6 is 11.6 Å². The SMILES string of the molecule is CCN(CC(=O)NC(C)(C)C)c1ccc([N+](=O)[O-])cc1Cl. The zero-order valence-electron chi connectivity index (χ0n) is 12.6. The van der Waals surface area contributed by atoms with Gasteiger partial charge in [-0.15, -0.1) is 0 Å². The molecule has 1 aromatic rings. The number of hydrogen-bond donors (Lipinski definition) is 1. The predicted molar refractivity (Wildman–Crippen MR) is 83.9 cm³/mol. The maximum Gasteiger partial charge on any atom is 0.271 e. The molecule has 7 heteroatoms. The Balaban J connectivity index is 2.90. The van der Waals surface area contributed by atoms with Crippen molar-refractivity contribution in [3.8, 4) is 0 Å². The number of anilines is 1. The molecule has 21 heavy (non-hydrogen) atoms. The van der Waals surface area contributed by atoms with Crippen LogP contribution in [-0.4, -0.2) is 29.5 Å². The Bertz CT molecular complexity index is 541. The molecule has 1 aromatic carbocycles. The van der Waals surface area contributed by atoms with Gasteiger partial charge in [-0.3, -0.25) is 14.9 Å². The molecule has 0 fully saturated rings. The van der Waals surface area contributed by atoms with Crippen LogP contribution in [0.4, 0.5) is 11.4 Å². The smallest absolute Gasteiger partial charge is 0.271 e. The maximum absolute atomic E-state index is 12.0. The molecule has 0 unspecified atom stereocenters. The highest BCUT2D eigenvalue weighted by Gasteiger charge is 2.19. The summed E-state index contributed by atoms with van der Waals surface area (Å²) in [6.07, 6.45) is 0. The number of amides is 1. The molecule has 0 aliphatic rings. The first-order chi connectivity index (χ1) is 9.64. The summed E-state index contributed by atoms with van der Waals surface area (Å²) in [4.78, 5) is 24.0. The van der Waals surface area contributed by atoms with Crippen LogP contribution in [0, 0.1) is 10.1 Å². The number of nitro benzene ring substituents is 1. The number of carbonyl (C=O) groups is 1. The van der Waals surface area contributed by atoms with Crippen molar-refractivity contribution in [3.63, 3.8) is 0 Å². The Kier molecular flexibility index (Phi) is 5.54. The van der Waals surface area contributed by atoms with Gasteiger partial charge >= 0.3 is 0 Å². The summed E-state index contributed by atoms with van der Waals surface area (Å²) >= 11 is 6.09. The quantitative estimate of drug-likeness (QED) is 0.669. The maximum atomic E-state index is 12.0.